The second-order valence-corrected chi connectivity index (χ2v) is 10.9. The lowest BCUT2D eigenvalue weighted by atomic mass is 9.99. The van der Waals surface area contributed by atoms with Crippen molar-refractivity contribution >= 4 is 28.6 Å². The Bertz CT molecular complexity index is 1630. The Morgan fingerprint density at radius 2 is 1.73 bits per heavy atom. The van der Waals surface area contributed by atoms with Crippen LogP contribution < -0.4 is 4.90 Å². The standard InChI is InChI=1S/C42H47N3/c1-8-11-28-40(21-9-2)45(41-29-17-14-18-30-41)42(43-35(6)31-34(5)23-19-22-33(4)10-3)44-36(7)38-26-20-27-39(32-38)37-24-15-12-13-16-25-37/h9-24,26-30,32H,2,7-8,25,31H2,1,3-6H3/b22-19-,28-11-,33-10-,34-23+,40-21+,43-35+,44-42+. The van der Waals surface area contributed by atoms with Crippen LogP contribution in [0.2, 0.25) is 0 Å². The zero-order chi connectivity index (χ0) is 32.4. The van der Waals surface area contributed by atoms with Gasteiger partial charge in [0.1, 0.15) is 0 Å². The Morgan fingerprint density at radius 1 is 0.933 bits per heavy atom. The first-order valence-corrected chi connectivity index (χ1v) is 15.6. The molecule has 0 fully saturated rings. The van der Waals surface area contributed by atoms with E-state index in [1.807, 2.05) is 31.2 Å². The van der Waals surface area contributed by atoms with E-state index in [-0.39, 0.29) is 0 Å². The van der Waals surface area contributed by atoms with Crippen molar-refractivity contribution in [1.29, 1.82) is 0 Å². The van der Waals surface area contributed by atoms with Crippen molar-refractivity contribution in [3.05, 3.63) is 175 Å². The van der Waals surface area contributed by atoms with Crippen LogP contribution in [0.25, 0.3) is 11.3 Å². The van der Waals surface area contributed by atoms with E-state index in [4.69, 9.17) is 9.98 Å². The Morgan fingerprint density at radius 3 is 2.47 bits per heavy atom. The van der Waals surface area contributed by atoms with E-state index in [0.717, 1.165) is 41.1 Å². The van der Waals surface area contributed by atoms with Crippen molar-refractivity contribution in [2.24, 2.45) is 9.98 Å². The number of allylic oxidation sites excluding steroid dienone is 16. The summed E-state index contributed by atoms with van der Waals surface area (Å²) in [7, 11) is 0. The van der Waals surface area contributed by atoms with Gasteiger partial charge >= 0.3 is 0 Å². The molecule has 1 aliphatic carbocycles. The summed E-state index contributed by atoms with van der Waals surface area (Å²) >= 11 is 0. The predicted molar refractivity (Wildman–Crippen MR) is 200 cm³/mol. The molecule has 3 heteroatoms. The number of benzene rings is 2. The van der Waals surface area contributed by atoms with Crippen LogP contribution >= 0.6 is 0 Å². The smallest absolute Gasteiger partial charge is 0.235 e. The van der Waals surface area contributed by atoms with Crippen molar-refractivity contribution in [3.63, 3.8) is 0 Å². The molecule has 3 rings (SSSR count). The quantitative estimate of drug-likeness (QED) is 0.137. The lowest BCUT2D eigenvalue weighted by Gasteiger charge is -2.26. The highest BCUT2D eigenvalue weighted by Crippen LogP contribution is 2.27. The molecule has 0 unspecified atom stereocenters. The van der Waals surface area contributed by atoms with E-state index in [9.17, 15) is 0 Å². The molecule has 0 bridgehead atoms. The molecule has 0 radical (unpaired) electrons. The van der Waals surface area contributed by atoms with Gasteiger partial charge < -0.3 is 0 Å². The third kappa shape index (κ3) is 11.2. The molecule has 230 valence electrons. The fourth-order valence-corrected chi connectivity index (χ4v) is 4.65. The second-order valence-electron chi connectivity index (χ2n) is 10.9. The second kappa shape index (κ2) is 18.6. The van der Waals surface area contributed by atoms with E-state index >= 15 is 0 Å². The Kier molecular flexibility index (Phi) is 14.2. The normalized spacial score (nSPS) is 15.0. The molecule has 45 heavy (non-hydrogen) atoms. The zero-order valence-electron chi connectivity index (χ0n) is 27.6. The third-order valence-electron chi connectivity index (χ3n) is 7.10. The summed E-state index contributed by atoms with van der Waals surface area (Å²) in [5, 5.41) is 0. The molecule has 0 spiro atoms. The summed E-state index contributed by atoms with van der Waals surface area (Å²) in [6.45, 7) is 18.9. The minimum absolute atomic E-state index is 0.538. The van der Waals surface area contributed by atoms with E-state index in [0.29, 0.717) is 18.1 Å². The van der Waals surface area contributed by atoms with Crippen LogP contribution in [0.3, 0.4) is 0 Å². The Balaban J connectivity index is 2.15. The van der Waals surface area contributed by atoms with E-state index < -0.39 is 0 Å². The van der Waals surface area contributed by atoms with Crippen LogP contribution in [0.4, 0.5) is 5.69 Å². The molecular formula is C42H47N3. The molecule has 3 nitrogen and oxygen atoms in total. The molecule has 2 aromatic rings. The van der Waals surface area contributed by atoms with Crippen LogP contribution in [0.1, 0.15) is 65.0 Å². The maximum Gasteiger partial charge on any atom is 0.235 e. The number of aliphatic imine (C=N–C) groups is 2. The minimum atomic E-state index is 0.538. The number of hydrogen-bond acceptors (Lipinski definition) is 1. The van der Waals surface area contributed by atoms with Crippen molar-refractivity contribution in [1.82, 2.24) is 0 Å². The zero-order valence-corrected chi connectivity index (χ0v) is 27.6. The molecule has 0 saturated carbocycles. The third-order valence-corrected chi connectivity index (χ3v) is 7.10. The van der Waals surface area contributed by atoms with Crippen LogP contribution in [0, 0.1) is 0 Å². The highest BCUT2D eigenvalue weighted by atomic mass is 15.3. The van der Waals surface area contributed by atoms with Crippen molar-refractivity contribution in [2.75, 3.05) is 4.90 Å². The summed E-state index contributed by atoms with van der Waals surface area (Å²) in [5.41, 5.74) is 9.23. The van der Waals surface area contributed by atoms with Gasteiger partial charge in [0.15, 0.2) is 0 Å². The highest BCUT2D eigenvalue weighted by Gasteiger charge is 2.18. The van der Waals surface area contributed by atoms with Gasteiger partial charge in [0.2, 0.25) is 5.96 Å². The molecule has 0 saturated heterocycles. The number of para-hydroxylation sites is 1. The molecule has 0 aliphatic heterocycles. The van der Waals surface area contributed by atoms with Crippen LogP contribution in [-0.4, -0.2) is 11.7 Å². The minimum Gasteiger partial charge on any atom is -0.279 e. The fraction of sp³-hybridized carbons (Fsp3) is 0.190. The van der Waals surface area contributed by atoms with Gasteiger partial charge in [-0.2, -0.15) is 0 Å². The summed E-state index contributed by atoms with van der Waals surface area (Å²) in [5.74, 6) is 0.538. The molecule has 0 heterocycles. The van der Waals surface area contributed by atoms with Gasteiger partial charge in [0.05, 0.1) is 5.70 Å². The molecule has 1 aliphatic rings. The average molecular weight is 594 g/mol. The summed E-state index contributed by atoms with van der Waals surface area (Å²) in [4.78, 5) is 12.4. The molecule has 2 aromatic carbocycles. The van der Waals surface area contributed by atoms with Gasteiger partial charge in [-0.25, -0.2) is 9.98 Å². The van der Waals surface area contributed by atoms with Crippen molar-refractivity contribution in [2.45, 2.75) is 53.9 Å². The lowest BCUT2D eigenvalue weighted by Crippen LogP contribution is -2.29. The average Bonchev–Trinajstić information content (AvgIpc) is 3.34. The van der Waals surface area contributed by atoms with Gasteiger partial charge in [0.25, 0.3) is 0 Å². The predicted octanol–water partition coefficient (Wildman–Crippen LogP) is 11.8. The fourth-order valence-electron chi connectivity index (χ4n) is 4.65. The van der Waals surface area contributed by atoms with Crippen molar-refractivity contribution < 1.29 is 0 Å². The number of hydrogen-bond donors (Lipinski definition) is 0. The van der Waals surface area contributed by atoms with Gasteiger partial charge in [-0.3, -0.25) is 4.90 Å². The highest BCUT2D eigenvalue weighted by molar-refractivity contribution is 6.08. The van der Waals surface area contributed by atoms with E-state index in [1.165, 1.54) is 16.7 Å². The topological polar surface area (TPSA) is 28.0 Å². The van der Waals surface area contributed by atoms with E-state index in [2.05, 4.69) is 149 Å². The molecule has 0 atom stereocenters. The summed E-state index contributed by atoms with van der Waals surface area (Å²) in [6, 6.07) is 18.6. The van der Waals surface area contributed by atoms with Gasteiger partial charge in [-0.05, 0) is 82.0 Å². The first kappa shape index (κ1) is 34.5. The summed E-state index contributed by atoms with van der Waals surface area (Å²) in [6.07, 6.45) is 29.5. The van der Waals surface area contributed by atoms with Gasteiger partial charge in [-0.15, -0.1) is 0 Å². The van der Waals surface area contributed by atoms with Gasteiger partial charge in [-0.1, -0.05) is 134 Å². The number of anilines is 1. The first-order valence-electron chi connectivity index (χ1n) is 15.6. The number of guanidine groups is 1. The maximum atomic E-state index is 5.17. The number of nitrogens with zero attached hydrogens (tertiary/aromatic N) is 3. The summed E-state index contributed by atoms with van der Waals surface area (Å²) < 4.78 is 0. The molecule has 0 N–H and O–H groups in total. The Labute approximate surface area is 271 Å². The van der Waals surface area contributed by atoms with Gasteiger partial charge in [0, 0.05) is 29.1 Å². The largest absolute Gasteiger partial charge is 0.279 e. The van der Waals surface area contributed by atoms with E-state index in [1.54, 1.807) is 6.08 Å². The van der Waals surface area contributed by atoms with Crippen LogP contribution in [-0.2, 0) is 0 Å². The SMILES string of the molecule is C=C/C=C(\C=C/CC)N(C(=N/C(=C)c1cccc(C2=CC=CC=CC2)c1)/N=C(\C)C/C(C)=C/C=C\C(C)=C/C)c1ccccc1. The molecule has 0 aromatic heterocycles. The first-order chi connectivity index (χ1) is 21.9. The Hall–Kier alpha value is -5.02. The lowest BCUT2D eigenvalue weighted by molar-refractivity contribution is 1.17. The molecule has 0 amide bonds. The van der Waals surface area contributed by atoms with Crippen LogP contribution in [0.15, 0.2) is 174 Å². The monoisotopic (exact) mass is 593 g/mol. The van der Waals surface area contributed by atoms with Crippen molar-refractivity contribution in [3.8, 4) is 0 Å². The number of rotatable bonds is 12. The maximum absolute atomic E-state index is 5.17. The van der Waals surface area contributed by atoms with Crippen LogP contribution in [0.5, 0.6) is 0 Å². The molecular weight excluding hydrogens is 546 g/mol.